The Bertz CT molecular complexity index is 1270. The van der Waals surface area contributed by atoms with E-state index in [1.165, 1.54) is 16.2 Å². The lowest BCUT2D eigenvalue weighted by atomic mass is 9.99. The number of methoxy groups -OCH3 is 2. The van der Waals surface area contributed by atoms with Crippen LogP contribution in [0.5, 0.6) is 17.2 Å². The van der Waals surface area contributed by atoms with Gasteiger partial charge in [-0.3, -0.25) is 9.59 Å². The van der Waals surface area contributed by atoms with Gasteiger partial charge in [0.15, 0.2) is 11.5 Å². The number of aliphatic hydroxyl groups excluding tert-OH is 1. The highest BCUT2D eigenvalue weighted by atomic mass is 32.1. The summed E-state index contributed by atoms with van der Waals surface area (Å²) in [5.74, 6) is 0.213. The van der Waals surface area contributed by atoms with Crippen LogP contribution in [0.4, 0.5) is 0 Å². The van der Waals surface area contributed by atoms with Crippen molar-refractivity contribution in [1.29, 1.82) is 0 Å². The number of hydrogen-bond acceptors (Lipinski definition) is 7. The Morgan fingerprint density at radius 2 is 1.76 bits per heavy atom. The van der Waals surface area contributed by atoms with Gasteiger partial charge >= 0.3 is 0 Å². The number of carbonyl (C=O) groups excluding carboxylic acids is 2. The van der Waals surface area contributed by atoms with E-state index in [-0.39, 0.29) is 17.9 Å². The van der Waals surface area contributed by atoms with Gasteiger partial charge in [0, 0.05) is 17.0 Å². The van der Waals surface area contributed by atoms with Gasteiger partial charge in [-0.25, -0.2) is 0 Å². The van der Waals surface area contributed by atoms with E-state index in [4.69, 9.17) is 14.2 Å². The van der Waals surface area contributed by atoms with Gasteiger partial charge in [-0.05, 0) is 59.8 Å². The van der Waals surface area contributed by atoms with Crippen LogP contribution in [-0.4, -0.2) is 42.5 Å². The normalized spacial score (nSPS) is 16.7. The smallest absolute Gasteiger partial charge is 0.295 e. The number of likely N-dealkylation sites (tertiary alicyclic amines) is 1. The zero-order valence-corrected chi connectivity index (χ0v) is 22.0. The second-order valence-corrected chi connectivity index (χ2v) is 9.69. The van der Waals surface area contributed by atoms with E-state index in [1.54, 1.807) is 50.6 Å². The van der Waals surface area contributed by atoms with Gasteiger partial charge in [-0.1, -0.05) is 31.9 Å². The predicted molar refractivity (Wildman–Crippen MR) is 143 cm³/mol. The number of rotatable bonds is 11. The third kappa shape index (κ3) is 5.64. The van der Waals surface area contributed by atoms with Crippen LogP contribution in [0.25, 0.3) is 5.76 Å². The summed E-state index contributed by atoms with van der Waals surface area (Å²) in [6.45, 7) is 2.92. The van der Waals surface area contributed by atoms with Gasteiger partial charge in [-0.2, -0.15) is 0 Å². The van der Waals surface area contributed by atoms with E-state index < -0.39 is 17.7 Å². The minimum atomic E-state index is -0.712. The van der Waals surface area contributed by atoms with Crippen LogP contribution in [0.3, 0.4) is 0 Å². The van der Waals surface area contributed by atoms with Crippen molar-refractivity contribution >= 4 is 28.8 Å². The van der Waals surface area contributed by atoms with Crippen molar-refractivity contribution in [2.75, 3.05) is 20.8 Å². The molecular weight excluding hydrogens is 490 g/mol. The number of Topliss-reactive ketones (excluding diaryl/α,β-unsaturated/α-hetero) is 1. The second kappa shape index (κ2) is 12.0. The van der Waals surface area contributed by atoms with E-state index in [1.807, 2.05) is 23.6 Å². The number of unbranched alkanes of at least 4 members (excludes halogenated alkanes) is 2. The Balaban J connectivity index is 1.66. The van der Waals surface area contributed by atoms with Crippen LogP contribution < -0.4 is 14.2 Å². The number of ether oxygens (including phenoxy) is 3. The van der Waals surface area contributed by atoms with Crippen LogP contribution in [-0.2, 0) is 16.1 Å². The van der Waals surface area contributed by atoms with Gasteiger partial charge in [0.2, 0.25) is 0 Å². The predicted octanol–water partition coefficient (Wildman–Crippen LogP) is 5.96. The molecule has 37 heavy (non-hydrogen) atoms. The van der Waals surface area contributed by atoms with Gasteiger partial charge in [0.1, 0.15) is 11.5 Å². The molecule has 1 saturated heterocycles. The lowest BCUT2D eigenvalue weighted by molar-refractivity contribution is -0.140. The Kier molecular flexibility index (Phi) is 8.50. The fourth-order valence-corrected chi connectivity index (χ4v) is 5.21. The molecule has 1 unspecified atom stereocenters. The Morgan fingerprint density at radius 3 is 2.41 bits per heavy atom. The molecule has 2 heterocycles. The van der Waals surface area contributed by atoms with Crippen molar-refractivity contribution in [1.82, 2.24) is 4.90 Å². The molecule has 1 atom stereocenters. The molecule has 194 valence electrons. The van der Waals surface area contributed by atoms with Crippen molar-refractivity contribution in [2.45, 2.75) is 38.8 Å². The lowest BCUT2D eigenvalue weighted by Gasteiger charge is -2.24. The summed E-state index contributed by atoms with van der Waals surface area (Å²) >= 11 is 1.43. The highest BCUT2D eigenvalue weighted by Crippen LogP contribution is 2.42. The molecule has 1 fully saturated rings. The average molecular weight is 522 g/mol. The van der Waals surface area contributed by atoms with E-state index in [0.29, 0.717) is 29.4 Å². The average Bonchev–Trinajstić information content (AvgIpc) is 3.54. The molecule has 0 radical (unpaired) electrons. The number of thiophene rings is 1. The number of amides is 1. The first-order chi connectivity index (χ1) is 18.0. The summed E-state index contributed by atoms with van der Waals surface area (Å²) in [6, 6.07) is 15.3. The molecule has 0 saturated carbocycles. The van der Waals surface area contributed by atoms with Crippen LogP contribution in [0.15, 0.2) is 65.6 Å². The minimum absolute atomic E-state index is 0.0736. The highest BCUT2D eigenvalue weighted by Gasteiger charge is 2.46. The summed E-state index contributed by atoms with van der Waals surface area (Å²) in [4.78, 5) is 28.8. The van der Waals surface area contributed by atoms with Gasteiger partial charge in [0.25, 0.3) is 11.7 Å². The topological polar surface area (TPSA) is 85.3 Å². The molecule has 0 aliphatic carbocycles. The lowest BCUT2D eigenvalue weighted by Crippen LogP contribution is -2.28. The van der Waals surface area contributed by atoms with Gasteiger partial charge in [-0.15, -0.1) is 11.3 Å². The number of aliphatic hydroxyl groups is 1. The van der Waals surface area contributed by atoms with Crippen LogP contribution >= 0.6 is 11.3 Å². The summed E-state index contributed by atoms with van der Waals surface area (Å²) in [6.07, 6.45) is 3.19. The molecule has 3 aromatic rings. The number of hydrogen-bond donors (Lipinski definition) is 1. The minimum Gasteiger partial charge on any atom is -0.507 e. The van der Waals surface area contributed by atoms with E-state index >= 15 is 0 Å². The van der Waals surface area contributed by atoms with Crippen molar-refractivity contribution in [3.8, 4) is 17.2 Å². The third-order valence-electron chi connectivity index (χ3n) is 6.30. The number of ketones is 1. The molecule has 1 aliphatic rings. The largest absolute Gasteiger partial charge is 0.507 e. The summed E-state index contributed by atoms with van der Waals surface area (Å²) in [5.41, 5.74) is 1.29. The van der Waals surface area contributed by atoms with Crippen molar-refractivity contribution in [3.63, 3.8) is 0 Å². The summed E-state index contributed by atoms with van der Waals surface area (Å²) < 4.78 is 16.5. The van der Waals surface area contributed by atoms with Gasteiger partial charge < -0.3 is 24.2 Å². The molecule has 0 bridgehead atoms. The molecule has 2 aromatic carbocycles. The Morgan fingerprint density at radius 1 is 1.00 bits per heavy atom. The molecule has 1 N–H and O–H groups in total. The molecule has 4 rings (SSSR count). The van der Waals surface area contributed by atoms with E-state index in [0.717, 1.165) is 29.7 Å². The maximum Gasteiger partial charge on any atom is 0.295 e. The molecule has 0 spiro atoms. The van der Waals surface area contributed by atoms with Crippen molar-refractivity contribution < 1.29 is 28.9 Å². The Labute approximate surface area is 220 Å². The van der Waals surface area contributed by atoms with Crippen LogP contribution in [0.2, 0.25) is 0 Å². The van der Waals surface area contributed by atoms with Crippen LogP contribution in [0.1, 0.15) is 48.2 Å². The molecule has 1 aromatic heterocycles. The van der Waals surface area contributed by atoms with E-state index in [9.17, 15) is 14.7 Å². The quantitative estimate of drug-likeness (QED) is 0.145. The second-order valence-electron chi connectivity index (χ2n) is 8.71. The summed E-state index contributed by atoms with van der Waals surface area (Å²) in [5, 5.41) is 13.1. The van der Waals surface area contributed by atoms with Crippen molar-refractivity contribution in [2.24, 2.45) is 0 Å². The van der Waals surface area contributed by atoms with Crippen LogP contribution in [0, 0.1) is 0 Å². The number of nitrogens with zero attached hydrogens (tertiary/aromatic N) is 1. The molecular formula is C29H31NO6S. The zero-order chi connectivity index (χ0) is 26.4. The number of carbonyl (C=O) groups is 2. The molecule has 7 nitrogen and oxygen atoms in total. The monoisotopic (exact) mass is 521 g/mol. The maximum atomic E-state index is 13.2. The summed E-state index contributed by atoms with van der Waals surface area (Å²) in [7, 11) is 3.10. The SMILES string of the molecule is CCCCCOc1ccc(/C(O)=C2/C(=O)C(=O)N(Cc3ccc(OC)c(OC)c3)C2c2cccs2)cc1. The standard InChI is InChI=1S/C29H31NO6S/c1-4-5-6-15-36-21-12-10-20(11-13-21)27(31)25-26(24-8-7-16-37-24)30(29(33)28(25)32)18-19-9-14-22(34-2)23(17-19)35-3/h7-14,16-17,26,31H,4-6,15,18H2,1-3H3/b27-25-. The Hall–Kier alpha value is -3.78. The first kappa shape index (κ1) is 26.3. The highest BCUT2D eigenvalue weighted by molar-refractivity contribution is 7.10. The fraction of sp³-hybridized carbons (Fsp3) is 0.310. The van der Waals surface area contributed by atoms with Gasteiger partial charge in [0.05, 0.1) is 32.4 Å². The third-order valence-corrected chi connectivity index (χ3v) is 7.22. The van der Waals surface area contributed by atoms with E-state index in [2.05, 4.69) is 6.92 Å². The first-order valence-electron chi connectivity index (χ1n) is 12.2. The fourth-order valence-electron chi connectivity index (χ4n) is 4.37. The zero-order valence-electron chi connectivity index (χ0n) is 21.2. The molecule has 1 aliphatic heterocycles. The maximum absolute atomic E-state index is 13.2. The first-order valence-corrected chi connectivity index (χ1v) is 13.1. The molecule has 8 heteroatoms. The van der Waals surface area contributed by atoms with Crippen molar-refractivity contribution in [3.05, 3.63) is 81.6 Å². The number of benzene rings is 2. The molecule has 1 amide bonds.